The van der Waals surface area contributed by atoms with Gasteiger partial charge in [-0.2, -0.15) is 0 Å². The third-order valence-electron chi connectivity index (χ3n) is 2.85. The van der Waals surface area contributed by atoms with Gasteiger partial charge in [-0.1, -0.05) is 0 Å². The van der Waals surface area contributed by atoms with E-state index < -0.39 is 11.8 Å². The number of carbonyl (C=O) groups is 2. The molecule has 0 saturated heterocycles. The minimum absolute atomic E-state index is 0.0446. The van der Waals surface area contributed by atoms with Crippen LogP contribution in [-0.4, -0.2) is 42.4 Å². The van der Waals surface area contributed by atoms with Crippen molar-refractivity contribution in [2.24, 2.45) is 5.73 Å². The van der Waals surface area contributed by atoms with Gasteiger partial charge in [0.25, 0.3) is 0 Å². The van der Waals surface area contributed by atoms with Gasteiger partial charge in [-0.05, 0) is 48.0 Å². The van der Waals surface area contributed by atoms with Gasteiger partial charge in [0.15, 0.2) is 5.78 Å². The number of hydrogen-bond donors (Lipinski definition) is 1. The predicted octanol–water partition coefficient (Wildman–Crippen LogP) is 2.18. The number of carbonyl (C=O) groups excluding carboxylic acids is 2. The SMILES string of the molecule is CC(N)OC(=O)CCCC(=O)C(C)(C)OCCOC(C)(C)C. The second-order valence-electron chi connectivity index (χ2n) is 6.79. The van der Waals surface area contributed by atoms with Gasteiger partial charge in [0, 0.05) is 12.8 Å². The van der Waals surface area contributed by atoms with Crippen molar-refractivity contribution in [3.05, 3.63) is 0 Å². The van der Waals surface area contributed by atoms with Gasteiger partial charge in [0.1, 0.15) is 11.8 Å². The van der Waals surface area contributed by atoms with Crippen LogP contribution in [-0.2, 0) is 23.8 Å². The molecular weight excluding hydrogens is 286 g/mol. The minimum atomic E-state index is -0.883. The number of rotatable bonds is 10. The third kappa shape index (κ3) is 10.7. The Labute approximate surface area is 133 Å². The van der Waals surface area contributed by atoms with E-state index >= 15 is 0 Å². The monoisotopic (exact) mass is 317 g/mol. The lowest BCUT2D eigenvalue weighted by Gasteiger charge is -2.25. The Morgan fingerprint density at radius 2 is 1.55 bits per heavy atom. The molecule has 22 heavy (non-hydrogen) atoms. The van der Waals surface area contributed by atoms with E-state index in [1.54, 1.807) is 20.8 Å². The van der Waals surface area contributed by atoms with E-state index in [-0.39, 0.29) is 30.2 Å². The lowest BCUT2D eigenvalue weighted by atomic mass is 9.98. The maximum atomic E-state index is 12.1. The van der Waals surface area contributed by atoms with Gasteiger partial charge in [-0.25, -0.2) is 0 Å². The highest BCUT2D eigenvalue weighted by Crippen LogP contribution is 2.16. The van der Waals surface area contributed by atoms with Gasteiger partial charge in [0.2, 0.25) is 0 Å². The smallest absolute Gasteiger partial charge is 0.307 e. The molecule has 0 aliphatic heterocycles. The Kier molecular flexibility index (Phi) is 8.81. The fourth-order valence-electron chi connectivity index (χ4n) is 1.69. The molecule has 0 radical (unpaired) electrons. The molecule has 0 aromatic carbocycles. The van der Waals surface area contributed by atoms with Crippen LogP contribution >= 0.6 is 0 Å². The average molecular weight is 317 g/mol. The first-order valence-electron chi connectivity index (χ1n) is 7.70. The molecular formula is C16H31NO5. The maximum Gasteiger partial charge on any atom is 0.307 e. The van der Waals surface area contributed by atoms with Crippen LogP contribution in [0.2, 0.25) is 0 Å². The molecule has 1 atom stereocenters. The largest absolute Gasteiger partial charge is 0.447 e. The van der Waals surface area contributed by atoms with E-state index in [2.05, 4.69) is 0 Å². The molecule has 0 fully saturated rings. The Hall–Kier alpha value is -0.980. The molecule has 0 aliphatic carbocycles. The molecule has 0 heterocycles. The first-order valence-corrected chi connectivity index (χ1v) is 7.70. The molecule has 130 valence electrons. The van der Waals surface area contributed by atoms with Crippen molar-refractivity contribution in [2.75, 3.05) is 13.2 Å². The van der Waals surface area contributed by atoms with Crippen LogP contribution in [0, 0.1) is 0 Å². The van der Waals surface area contributed by atoms with Crippen molar-refractivity contribution in [2.45, 2.75) is 78.2 Å². The predicted molar refractivity (Wildman–Crippen MR) is 84.3 cm³/mol. The number of Topliss-reactive ketones (excluding diaryl/α,β-unsaturated/α-hetero) is 1. The second-order valence-corrected chi connectivity index (χ2v) is 6.79. The van der Waals surface area contributed by atoms with Crippen molar-refractivity contribution in [1.82, 2.24) is 0 Å². The van der Waals surface area contributed by atoms with Crippen LogP contribution in [0.4, 0.5) is 0 Å². The molecule has 0 aromatic heterocycles. The molecule has 0 bridgehead atoms. The fraction of sp³-hybridized carbons (Fsp3) is 0.875. The molecule has 0 amide bonds. The van der Waals surface area contributed by atoms with Crippen LogP contribution in [0.3, 0.4) is 0 Å². The molecule has 6 heteroatoms. The van der Waals surface area contributed by atoms with E-state index in [1.165, 1.54) is 0 Å². The average Bonchev–Trinajstić information content (AvgIpc) is 2.32. The molecule has 0 spiro atoms. The first kappa shape index (κ1) is 21.0. The summed E-state index contributed by atoms with van der Waals surface area (Å²) in [6, 6.07) is 0. The summed E-state index contributed by atoms with van der Waals surface area (Å²) in [6.45, 7) is 11.7. The number of hydrogen-bond acceptors (Lipinski definition) is 6. The summed E-state index contributed by atoms with van der Waals surface area (Å²) in [7, 11) is 0. The Morgan fingerprint density at radius 3 is 2.05 bits per heavy atom. The number of nitrogens with two attached hydrogens (primary N) is 1. The molecule has 0 aliphatic rings. The normalized spacial score (nSPS) is 13.8. The summed E-state index contributed by atoms with van der Waals surface area (Å²) >= 11 is 0. The van der Waals surface area contributed by atoms with E-state index in [1.807, 2.05) is 20.8 Å². The summed E-state index contributed by atoms with van der Waals surface area (Å²) in [5.74, 6) is -0.433. The Bertz CT molecular complexity index is 358. The van der Waals surface area contributed by atoms with Crippen molar-refractivity contribution in [1.29, 1.82) is 0 Å². The van der Waals surface area contributed by atoms with Crippen LogP contribution < -0.4 is 5.73 Å². The highest BCUT2D eigenvalue weighted by atomic mass is 16.6. The van der Waals surface area contributed by atoms with Gasteiger partial charge in [-0.3, -0.25) is 15.3 Å². The topological polar surface area (TPSA) is 87.9 Å². The summed E-state index contributed by atoms with van der Waals surface area (Å²) < 4.78 is 16.0. The highest BCUT2D eigenvalue weighted by molar-refractivity contribution is 5.86. The van der Waals surface area contributed by atoms with Gasteiger partial charge in [-0.15, -0.1) is 0 Å². The summed E-state index contributed by atoms with van der Waals surface area (Å²) in [5, 5.41) is 0. The van der Waals surface area contributed by atoms with E-state index in [9.17, 15) is 9.59 Å². The van der Waals surface area contributed by atoms with Gasteiger partial charge >= 0.3 is 5.97 Å². The minimum Gasteiger partial charge on any atom is -0.447 e. The molecule has 0 rings (SSSR count). The molecule has 0 saturated carbocycles. The lowest BCUT2D eigenvalue weighted by Crippen LogP contribution is -2.36. The van der Waals surface area contributed by atoms with Crippen molar-refractivity contribution < 1.29 is 23.8 Å². The quantitative estimate of drug-likeness (QED) is 0.377. The van der Waals surface area contributed by atoms with E-state index in [4.69, 9.17) is 19.9 Å². The van der Waals surface area contributed by atoms with Gasteiger partial charge in [0.05, 0.1) is 18.8 Å². The standard InChI is InChI=1S/C16H31NO5/c1-12(17)22-14(19)9-7-8-13(18)16(5,6)21-11-10-20-15(2,3)4/h12H,7-11,17H2,1-6H3. The lowest BCUT2D eigenvalue weighted by molar-refractivity contribution is -0.148. The fourth-order valence-corrected chi connectivity index (χ4v) is 1.69. The van der Waals surface area contributed by atoms with Crippen LogP contribution in [0.25, 0.3) is 0 Å². The number of esters is 1. The Balaban J connectivity index is 3.99. The molecule has 0 aromatic rings. The Morgan fingerprint density at radius 1 is 1.00 bits per heavy atom. The van der Waals surface area contributed by atoms with Crippen LogP contribution in [0.1, 0.15) is 60.8 Å². The van der Waals surface area contributed by atoms with E-state index in [0.717, 1.165) is 0 Å². The zero-order valence-electron chi connectivity index (χ0n) is 14.7. The zero-order valence-corrected chi connectivity index (χ0v) is 14.7. The van der Waals surface area contributed by atoms with Crippen LogP contribution in [0.5, 0.6) is 0 Å². The zero-order chi connectivity index (χ0) is 17.4. The van der Waals surface area contributed by atoms with Gasteiger partial charge < -0.3 is 14.2 Å². The highest BCUT2D eigenvalue weighted by Gasteiger charge is 2.28. The third-order valence-corrected chi connectivity index (χ3v) is 2.85. The summed E-state index contributed by atoms with van der Waals surface area (Å²) in [6.07, 6.45) is 0.249. The second kappa shape index (κ2) is 9.22. The molecule has 2 N–H and O–H groups in total. The summed E-state index contributed by atoms with van der Waals surface area (Å²) in [5.41, 5.74) is 4.24. The molecule has 6 nitrogen and oxygen atoms in total. The maximum absolute atomic E-state index is 12.1. The number of ether oxygens (including phenoxy) is 3. The summed E-state index contributed by atoms with van der Waals surface area (Å²) in [4.78, 5) is 23.4. The van der Waals surface area contributed by atoms with Crippen molar-refractivity contribution in [3.8, 4) is 0 Å². The van der Waals surface area contributed by atoms with Crippen LogP contribution in [0.15, 0.2) is 0 Å². The van der Waals surface area contributed by atoms with Crippen molar-refractivity contribution >= 4 is 11.8 Å². The molecule has 1 unspecified atom stereocenters. The first-order chi connectivity index (χ1) is 9.94. The van der Waals surface area contributed by atoms with E-state index in [0.29, 0.717) is 19.6 Å². The number of ketones is 1. The van der Waals surface area contributed by atoms with Crippen molar-refractivity contribution in [3.63, 3.8) is 0 Å².